The van der Waals surface area contributed by atoms with Gasteiger partial charge in [0.25, 0.3) is 5.91 Å². The quantitative estimate of drug-likeness (QED) is 0.724. The first-order chi connectivity index (χ1) is 8.97. The van der Waals surface area contributed by atoms with E-state index in [2.05, 4.69) is 31.9 Å². The number of rotatable bonds is 3. The average molecular weight is 407 g/mol. The maximum Gasteiger partial charge on any atom is 0.255 e. The second kappa shape index (κ2) is 6.15. The highest BCUT2D eigenvalue weighted by Crippen LogP contribution is 2.23. The summed E-state index contributed by atoms with van der Waals surface area (Å²) in [5.74, 6) is -0.630. The molecule has 2 rings (SSSR count). The van der Waals surface area contributed by atoms with Crippen LogP contribution in [0.25, 0.3) is 0 Å². The lowest BCUT2D eigenvalue weighted by Crippen LogP contribution is -2.26. The molecule has 1 aromatic carbocycles. The summed E-state index contributed by atoms with van der Waals surface area (Å²) in [6.07, 6.45) is 0. The van der Waals surface area contributed by atoms with Crippen molar-refractivity contribution in [3.63, 3.8) is 0 Å². The van der Waals surface area contributed by atoms with Crippen LogP contribution >= 0.6 is 43.2 Å². The fourth-order valence-corrected chi connectivity index (χ4v) is 3.53. The molecule has 0 radical (unpaired) electrons. The van der Waals surface area contributed by atoms with Crippen LogP contribution in [0.1, 0.15) is 15.2 Å². The topological polar surface area (TPSA) is 20.3 Å². The third kappa shape index (κ3) is 3.64. The molecule has 0 N–H and O–H groups in total. The Morgan fingerprint density at radius 1 is 1.37 bits per heavy atom. The van der Waals surface area contributed by atoms with Crippen molar-refractivity contribution in [1.82, 2.24) is 4.90 Å². The highest BCUT2D eigenvalue weighted by molar-refractivity contribution is 9.10. The Hall–Kier alpha value is -0.720. The van der Waals surface area contributed by atoms with Gasteiger partial charge >= 0.3 is 0 Å². The third-order valence-corrected chi connectivity index (χ3v) is 4.89. The monoisotopic (exact) mass is 405 g/mol. The van der Waals surface area contributed by atoms with Gasteiger partial charge in [-0.15, -0.1) is 11.3 Å². The third-order valence-electron chi connectivity index (χ3n) is 2.52. The van der Waals surface area contributed by atoms with Crippen LogP contribution in [0.15, 0.2) is 38.6 Å². The molecule has 19 heavy (non-hydrogen) atoms. The number of halogens is 3. The van der Waals surface area contributed by atoms with E-state index < -0.39 is 5.82 Å². The lowest BCUT2D eigenvalue weighted by molar-refractivity contribution is 0.0785. The van der Waals surface area contributed by atoms with Gasteiger partial charge in [0, 0.05) is 26.3 Å². The van der Waals surface area contributed by atoms with Gasteiger partial charge in [0.05, 0.1) is 12.1 Å². The minimum Gasteiger partial charge on any atom is -0.337 e. The van der Waals surface area contributed by atoms with Gasteiger partial charge in [-0.2, -0.15) is 0 Å². The van der Waals surface area contributed by atoms with Crippen LogP contribution < -0.4 is 0 Å². The number of nitrogens with zero attached hydrogens (tertiary/aromatic N) is 1. The first kappa shape index (κ1) is 14.7. The first-order valence-corrected chi connectivity index (χ1v) is 7.87. The molecule has 2 nitrogen and oxygen atoms in total. The highest BCUT2D eigenvalue weighted by atomic mass is 79.9. The fourth-order valence-electron chi connectivity index (χ4n) is 1.61. The first-order valence-electron chi connectivity index (χ1n) is 5.41. The molecule has 0 unspecified atom stereocenters. The van der Waals surface area contributed by atoms with Crippen LogP contribution in [0.3, 0.4) is 0 Å². The summed E-state index contributed by atoms with van der Waals surface area (Å²) in [5, 5.41) is 1.96. The smallest absolute Gasteiger partial charge is 0.255 e. The van der Waals surface area contributed by atoms with Gasteiger partial charge < -0.3 is 4.90 Å². The maximum absolute atomic E-state index is 13.2. The fraction of sp³-hybridized carbons (Fsp3) is 0.154. The van der Waals surface area contributed by atoms with Gasteiger partial charge in [-0.3, -0.25) is 4.79 Å². The highest BCUT2D eigenvalue weighted by Gasteiger charge is 2.16. The van der Waals surface area contributed by atoms with Crippen molar-refractivity contribution in [2.45, 2.75) is 6.54 Å². The molecule has 1 amide bonds. The largest absolute Gasteiger partial charge is 0.337 e. The van der Waals surface area contributed by atoms with Crippen LogP contribution in [0.5, 0.6) is 0 Å². The summed E-state index contributed by atoms with van der Waals surface area (Å²) in [6, 6.07) is 6.07. The molecule has 6 heteroatoms. The van der Waals surface area contributed by atoms with Gasteiger partial charge in [0.1, 0.15) is 5.82 Å². The van der Waals surface area contributed by atoms with Gasteiger partial charge in [0.15, 0.2) is 0 Å². The van der Waals surface area contributed by atoms with Gasteiger partial charge in [-0.05, 0) is 56.1 Å². The lowest BCUT2D eigenvalue weighted by Gasteiger charge is -2.17. The van der Waals surface area contributed by atoms with Crippen LogP contribution in [-0.4, -0.2) is 17.9 Å². The molecule has 0 aliphatic carbocycles. The number of carbonyl (C=O) groups excluding carboxylic acids is 1. The Morgan fingerprint density at radius 2 is 2.11 bits per heavy atom. The Morgan fingerprint density at radius 3 is 2.74 bits per heavy atom. The summed E-state index contributed by atoms with van der Waals surface area (Å²) in [4.78, 5) is 14.9. The Labute approximate surface area is 131 Å². The minimum atomic E-state index is -0.418. The summed E-state index contributed by atoms with van der Waals surface area (Å²) in [7, 11) is 1.70. The van der Waals surface area contributed by atoms with E-state index in [1.165, 1.54) is 18.2 Å². The average Bonchev–Trinajstić information content (AvgIpc) is 2.77. The SMILES string of the molecule is CN(Cc1cc(Br)cs1)C(=O)c1cc(F)ccc1Br. The Balaban J connectivity index is 2.16. The predicted molar refractivity (Wildman–Crippen MR) is 81.9 cm³/mol. The lowest BCUT2D eigenvalue weighted by atomic mass is 10.2. The van der Waals surface area contributed by atoms with E-state index in [0.717, 1.165) is 9.35 Å². The molecule has 0 aliphatic heterocycles. The van der Waals surface area contributed by atoms with Crippen molar-refractivity contribution in [2.75, 3.05) is 7.05 Å². The molecular weight excluding hydrogens is 397 g/mol. The molecule has 0 aliphatic rings. The number of hydrogen-bond acceptors (Lipinski definition) is 2. The van der Waals surface area contributed by atoms with Gasteiger partial charge in [-0.25, -0.2) is 4.39 Å². The summed E-state index contributed by atoms with van der Waals surface area (Å²) in [6.45, 7) is 0.498. The van der Waals surface area contributed by atoms with Crippen molar-refractivity contribution < 1.29 is 9.18 Å². The molecule has 0 atom stereocenters. The van der Waals surface area contributed by atoms with E-state index in [9.17, 15) is 9.18 Å². The zero-order chi connectivity index (χ0) is 14.0. The van der Waals surface area contributed by atoms with E-state index in [-0.39, 0.29) is 5.91 Å². The van der Waals surface area contributed by atoms with Crippen molar-refractivity contribution in [3.05, 3.63) is 54.8 Å². The molecule has 0 saturated heterocycles. The van der Waals surface area contributed by atoms with Crippen molar-refractivity contribution >= 4 is 49.1 Å². The van der Waals surface area contributed by atoms with Crippen LogP contribution in [-0.2, 0) is 6.54 Å². The molecule has 0 fully saturated rings. The van der Waals surface area contributed by atoms with Gasteiger partial charge in [-0.1, -0.05) is 0 Å². The zero-order valence-corrected chi connectivity index (χ0v) is 14.0. The summed E-state index contributed by atoms with van der Waals surface area (Å²) >= 11 is 8.22. The van der Waals surface area contributed by atoms with Crippen LogP contribution in [0, 0.1) is 5.82 Å². The normalized spacial score (nSPS) is 10.5. The Bertz CT molecular complexity index is 614. The number of benzene rings is 1. The van der Waals surface area contributed by atoms with Crippen molar-refractivity contribution in [3.8, 4) is 0 Å². The number of carbonyl (C=O) groups is 1. The molecule has 0 spiro atoms. The number of amides is 1. The zero-order valence-electron chi connectivity index (χ0n) is 9.99. The van der Waals surface area contributed by atoms with Crippen LogP contribution in [0.4, 0.5) is 4.39 Å². The van der Waals surface area contributed by atoms with Gasteiger partial charge in [0.2, 0.25) is 0 Å². The van der Waals surface area contributed by atoms with Crippen molar-refractivity contribution in [2.24, 2.45) is 0 Å². The molecule has 0 saturated carbocycles. The molecule has 1 aromatic heterocycles. The molecular formula is C13H10Br2FNOS. The van der Waals surface area contributed by atoms with E-state index >= 15 is 0 Å². The Kier molecular flexibility index (Phi) is 4.76. The molecule has 2 aromatic rings. The molecule has 0 bridgehead atoms. The minimum absolute atomic E-state index is 0.212. The van der Waals surface area contributed by atoms with Crippen molar-refractivity contribution in [1.29, 1.82) is 0 Å². The predicted octanol–water partition coefficient (Wildman–Crippen LogP) is 4.68. The van der Waals surface area contributed by atoms with Crippen LogP contribution in [0.2, 0.25) is 0 Å². The second-order valence-corrected chi connectivity index (χ2v) is 6.78. The summed E-state index contributed by atoms with van der Waals surface area (Å²) in [5.41, 5.74) is 0.332. The van der Waals surface area contributed by atoms with E-state index in [0.29, 0.717) is 16.6 Å². The van der Waals surface area contributed by atoms with E-state index in [1.807, 2.05) is 11.4 Å². The molecule has 100 valence electrons. The van der Waals surface area contributed by atoms with E-state index in [4.69, 9.17) is 0 Å². The molecule has 1 heterocycles. The number of thiophene rings is 1. The number of hydrogen-bond donors (Lipinski definition) is 0. The second-order valence-electron chi connectivity index (χ2n) is 4.02. The maximum atomic E-state index is 13.2. The van der Waals surface area contributed by atoms with E-state index in [1.54, 1.807) is 23.3 Å². The standard InChI is InChI=1S/C13H10Br2FNOS/c1-17(6-10-4-8(14)7-19-10)13(18)11-5-9(16)2-3-12(11)15/h2-5,7H,6H2,1H3. The summed E-state index contributed by atoms with van der Waals surface area (Å²) < 4.78 is 14.8.